The van der Waals surface area contributed by atoms with Gasteiger partial charge in [-0.25, -0.2) is 4.68 Å². The minimum atomic E-state index is -4.78. The first-order valence-corrected chi connectivity index (χ1v) is 11.9. The average molecular weight is 529 g/mol. The number of nitrogens with two attached hydrogens (primary N) is 1. The molecule has 3 amide bonds. The number of fused-ring (bicyclic) bond motifs is 1. The summed E-state index contributed by atoms with van der Waals surface area (Å²) in [5.41, 5.74) is 4.97. The number of aromatic nitrogens is 2. The summed E-state index contributed by atoms with van der Waals surface area (Å²) in [6.07, 6.45) is -4.85. The quantitative estimate of drug-likeness (QED) is 0.489. The van der Waals surface area contributed by atoms with Crippen LogP contribution in [0.5, 0.6) is 0 Å². The van der Waals surface area contributed by atoms with Crippen molar-refractivity contribution in [1.82, 2.24) is 15.1 Å². The number of nitrogens with one attached hydrogen (secondary N) is 1. The van der Waals surface area contributed by atoms with E-state index in [4.69, 9.17) is 5.73 Å². The first-order valence-electron chi connectivity index (χ1n) is 11.9. The largest absolute Gasteiger partial charge is 0.435 e. The molecule has 0 saturated heterocycles. The van der Waals surface area contributed by atoms with Gasteiger partial charge in [0.05, 0.1) is 12.2 Å². The van der Waals surface area contributed by atoms with E-state index in [2.05, 4.69) is 10.4 Å². The molecule has 1 aliphatic rings. The molecule has 4 rings (SSSR count). The van der Waals surface area contributed by atoms with Gasteiger partial charge in [0.2, 0.25) is 11.8 Å². The van der Waals surface area contributed by atoms with Crippen LogP contribution in [0, 0.1) is 0 Å². The van der Waals surface area contributed by atoms with E-state index in [1.165, 1.54) is 34.1 Å². The lowest BCUT2D eigenvalue weighted by Gasteiger charge is -2.28. The standard InChI is InChI=1S/C26H27F3N6O3/c1-15(2)31-14-21(36)33(3)17-7-9-18(10-8-17)34-12-11-20-22(25(34)38)35(32-23(20)26(27,28)29)19-6-4-5-16(13-19)24(30)37/h4-10,13,15,31H,11-12,14H2,1-3H3,(H2,30,37). The van der Waals surface area contributed by atoms with Crippen LogP contribution in [0.15, 0.2) is 48.5 Å². The molecule has 38 heavy (non-hydrogen) atoms. The number of primary amides is 1. The van der Waals surface area contributed by atoms with Crippen molar-refractivity contribution in [1.29, 1.82) is 0 Å². The number of benzene rings is 2. The maximum Gasteiger partial charge on any atom is 0.435 e. The third kappa shape index (κ3) is 5.25. The van der Waals surface area contributed by atoms with Gasteiger partial charge in [-0.3, -0.25) is 14.4 Å². The fourth-order valence-corrected chi connectivity index (χ4v) is 4.22. The topological polar surface area (TPSA) is 114 Å². The van der Waals surface area contributed by atoms with Crippen molar-refractivity contribution in [3.63, 3.8) is 0 Å². The monoisotopic (exact) mass is 528 g/mol. The van der Waals surface area contributed by atoms with Gasteiger partial charge in [-0.1, -0.05) is 19.9 Å². The molecular formula is C26H27F3N6O3. The summed E-state index contributed by atoms with van der Waals surface area (Å²) < 4.78 is 42.4. The summed E-state index contributed by atoms with van der Waals surface area (Å²) in [6, 6.07) is 12.4. The number of hydrogen-bond acceptors (Lipinski definition) is 5. The normalized spacial score (nSPS) is 13.6. The number of anilines is 2. The van der Waals surface area contributed by atoms with E-state index in [0.717, 1.165) is 4.68 Å². The molecule has 12 heteroatoms. The number of likely N-dealkylation sites (N-methyl/N-ethyl adjacent to an activating group) is 1. The minimum absolute atomic E-state index is 0.00829. The second kappa shape index (κ2) is 10.3. The zero-order valence-electron chi connectivity index (χ0n) is 21.0. The SMILES string of the molecule is CC(C)NCC(=O)N(C)c1ccc(N2CCc3c(C(F)(F)F)nn(-c4cccc(C(N)=O)c4)c3C2=O)cc1. The van der Waals surface area contributed by atoms with E-state index >= 15 is 0 Å². The van der Waals surface area contributed by atoms with E-state index in [-0.39, 0.29) is 54.0 Å². The van der Waals surface area contributed by atoms with Crippen molar-refractivity contribution in [2.45, 2.75) is 32.5 Å². The predicted molar refractivity (Wildman–Crippen MR) is 135 cm³/mol. The Kier molecular flexibility index (Phi) is 7.27. The molecule has 200 valence electrons. The Morgan fingerprint density at radius 2 is 1.82 bits per heavy atom. The van der Waals surface area contributed by atoms with Gasteiger partial charge >= 0.3 is 6.18 Å². The van der Waals surface area contributed by atoms with Crippen LogP contribution in [0.2, 0.25) is 0 Å². The summed E-state index contributed by atoms with van der Waals surface area (Å²) in [5.74, 6) is -1.58. The molecule has 2 aromatic carbocycles. The fraction of sp³-hybridized carbons (Fsp3) is 0.308. The molecule has 0 saturated carbocycles. The maximum atomic E-state index is 13.8. The average Bonchev–Trinajstić information content (AvgIpc) is 3.28. The summed E-state index contributed by atoms with van der Waals surface area (Å²) >= 11 is 0. The van der Waals surface area contributed by atoms with E-state index in [1.807, 2.05) is 13.8 Å². The molecule has 1 aromatic heterocycles. The van der Waals surface area contributed by atoms with Crippen molar-refractivity contribution in [3.8, 4) is 5.69 Å². The van der Waals surface area contributed by atoms with Gasteiger partial charge < -0.3 is 20.9 Å². The van der Waals surface area contributed by atoms with Crippen molar-refractivity contribution in [2.24, 2.45) is 5.73 Å². The highest BCUT2D eigenvalue weighted by atomic mass is 19.4. The molecule has 3 N–H and O–H groups in total. The molecule has 0 unspecified atom stereocenters. The van der Waals surface area contributed by atoms with Gasteiger partial charge in [0.15, 0.2) is 5.69 Å². The summed E-state index contributed by atoms with van der Waals surface area (Å²) in [4.78, 5) is 40.5. The van der Waals surface area contributed by atoms with Crippen molar-refractivity contribution >= 4 is 29.1 Å². The van der Waals surface area contributed by atoms with Crippen molar-refractivity contribution in [2.75, 3.05) is 29.9 Å². The number of nitrogens with zero attached hydrogens (tertiary/aromatic N) is 4. The summed E-state index contributed by atoms with van der Waals surface area (Å²) in [5, 5.41) is 6.80. The molecule has 1 aliphatic heterocycles. The Bertz CT molecular complexity index is 1380. The van der Waals surface area contributed by atoms with Crippen molar-refractivity contribution in [3.05, 3.63) is 71.0 Å². The highest BCUT2D eigenvalue weighted by Gasteiger charge is 2.43. The van der Waals surface area contributed by atoms with Crippen LogP contribution in [0.3, 0.4) is 0 Å². The lowest BCUT2D eigenvalue weighted by atomic mass is 10.0. The number of halogens is 3. The third-order valence-corrected chi connectivity index (χ3v) is 6.24. The van der Waals surface area contributed by atoms with Crippen LogP contribution in [0.4, 0.5) is 24.5 Å². The van der Waals surface area contributed by atoms with Crippen LogP contribution in [-0.2, 0) is 17.4 Å². The molecule has 0 spiro atoms. The first kappa shape index (κ1) is 26.9. The minimum Gasteiger partial charge on any atom is -0.366 e. The van der Waals surface area contributed by atoms with Crippen LogP contribution >= 0.6 is 0 Å². The zero-order chi connectivity index (χ0) is 27.8. The van der Waals surface area contributed by atoms with E-state index < -0.39 is 23.7 Å². The molecule has 0 radical (unpaired) electrons. The third-order valence-electron chi connectivity index (χ3n) is 6.24. The van der Waals surface area contributed by atoms with Gasteiger partial charge in [-0.05, 0) is 48.9 Å². The molecule has 0 fully saturated rings. The number of alkyl halides is 3. The summed E-state index contributed by atoms with van der Waals surface area (Å²) in [6.45, 7) is 4.03. The van der Waals surface area contributed by atoms with Crippen LogP contribution in [0.25, 0.3) is 5.69 Å². The van der Waals surface area contributed by atoms with Crippen LogP contribution in [-0.4, -0.2) is 53.7 Å². The number of hydrogen-bond donors (Lipinski definition) is 2. The predicted octanol–water partition coefficient (Wildman–Crippen LogP) is 3.15. The maximum absolute atomic E-state index is 13.8. The van der Waals surface area contributed by atoms with Crippen LogP contribution < -0.4 is 20.9 Å². The molecule has 2 heterocycles. The second-order valence-electron chi connectivity index (χ2n) is 9.21. The van der Waals surface area contributed by atoms with Gasteiger partial charge in [-0.2, -0.15) is 18.3 Å². The zero-order valence-corrected chi connectivity index (χ0v) is 21.0. The second-order valence-corrected chi connectivity index (χ2v) is 9.21. The van der Waals surface area contributed by atoms with Crippen molar-refractivity contribution < 1.29 is 27.6 Å². The Morgan fingerprint density at radius 3 is 2.42 bits per heavy atom. The highest BCUT2D eigenvalue weighted by molar-refractivity contribution is 6.08. The smallest absolute Gasteiger partial charge is 0.366 e. The first-order chi connectivity index (χ1) is 17.9. The lowest BCUT2D eigenvalue weighted by Crippen LogP contribution is -2.39. The highest BCUT2D eigenvalue weighted by Crippen LogP contribution is 2.37. The van der Waals surface area contributed by atoms with Gasteiger partial charge in [-0.15, -0.1) is 0 Å². The van der Waals surface area contributed by atoms with E-state index in [9.17, 15) is 27.6 Å². The molecule has 0 bridgehead atoms. The fourth-order valence-electron chi connectivity index (χ4n) is 4.22. The number of carbonyl (C=O) groups excluding carboxylic acids is 3. The Labute approximate surface area is 217 Å². The van der Waals surface area contributed by atoms with Crippen LogP contribution in [0.1, 0.15) is 46.0 Å². The number of carbonyl (C=O) groups is 3. The Balaban J connectivity index is 1.68. The van der Waals surface area contributed by atoms with E-state index in [0.29, 0.717) is 11.4 Å². The Hall–Kier alpha value is -4.19. The van der Waals surface area contributed by atoms with Gasteiger partial charge in [0.25, 0.3) is 5.91 Å². The Morgan fingerprint density at radius 1 is 1.13 bits per heavy atom. The van der Waals surface area contributed by atoms with Gasteiger partial charge in [0, 0.05) is 42.1 Å². The molecule has 0 atom stereocenters. The molecule has 3 aromatic rings. The summed E-state index contributed by atoms with van der Waals surface area (Å²) in [7, 11) is 1.63. The molecule has 0 aliphatic carbocycles. The lowest BCUT2D eigenvalue weighted by molar-refractivity contribution is -0.142. The number of amides is 3. The van der Waals surface area contributed by atoms with E-state index in [1.54, 1.807) is 31.3 Å². The van der Waals surface area contributed by atoms with Gasteiger partial charge in [0.1, 0.15) is 5.69 Å². The molecular weight excluding hydrogens is 501 g/mol. The molecule has 9 nitrogen and oxygen atoms in total. The number of rotatable bonds is 7.